The number of halogens is 2. The maximum Gasteiger partial charge on any atom is 0.170 e. The van der Waals surface area contributed by atoms with Gasteiger partial charge in [-0.05, 0) is 34.7 Å². The summed E-state index contributed by atoms with van der Waals surface area (Å²) in [6.45, 7) is 0. The van der Waals surface area contributed by atoms with Crippen LogP contribution in [0, 0.1) is 3.57 Å². The summed E-state index contributed by atoms with van der Waals surface area (Å²) >= 11 is 8.08. The number of H-pyrrole nitrogens is 1. The molecule has 0 aliphatic heterocycles. The number of nitrogens with zero attached hydrogens (tertiary/aromatic N) is 1. The molecule has 82 valence electrons. The van der Waals surface area contributed by atoms with E-state index in [9.17, 15) is 4.79 Å². The Hall–Kier alpha value is -0.880. The van der Waals surface area contributed by atoms with Gasteiger partial charge in [-0.2, -0.15) is 0 Å². The first-order valence-electron chi connectivity index (χ1n) is 4.63. The maximum atomic E-state index is 11.9. The smallest absolute Gasteiger partial charge is 0.170 e. The molecule has 2 aromatic rings. The summed E-state index contributed by atoms with van der Waals surface area (Å²) in [5.41, 5.74) is 0.613. The number of carbonyl (C=O) groups excluding carboxylic acids is 1. The van der Waals surface area contributed by atoms with E-state index in [1.165, 1.54) is 0 Å². The number of hydrogen-bond acceptors (Lipinski definition) is 2. The molecule has 0 unspecified atom stereocenters. The molecule has 1 N–H and O–H groups in total. The molecule has 3 nitrogen and oxygen atoms in total. The maximum absolute atomic E-state index is 11.9. The van der Waals surface area contributed by atoms with Gasteiger partial charge in [-0.1, -0.05) is 17.7 Å². The minimum atomic E-state index is 0.00764. The predicted octanol–water partition coefficient (Wildman–Crippen LogP) is 3.09. The molecule has 1 heterocycles. The molecular formula is C11H8ClIN2O. The van der Waals surface area contributed by atoms with Crippen LogP contribution in [0.3, 0.4) is 0 Å². The van der Waals surface area contributed by atoms with Gasteiger partial charge in [0.2, 0.25) is 0 Å². The molecule has 0 saturated heterocycles. The molecule has 5 heteroatoms. The van der Waals surface area contributed by atoms with E-state index in [0.29, 0.717) is 16.4 Å². The Morgan fingerprint density at radius 1 is 1.50 bits per heavy atom. The van der Waals surface area contributed by atoms with Gasteiger partial charge >= 0.3 is 0 Å². The molecule has 0 atom stereocenters. The molecule has 2 rings (SSSR count). The molecule has 0 amide bonds. The molecule has 0 aliphatic rings. The standard InChI is InChI=1S/C11H8ClIN2O/c12-8-5-7(1-2-9(8)13)10(16)6-11-14-3-4-15-11/h1-5H,6H2,(H,14,15). The van der Waals surface area contributed by atoms with Crippen LogP contribution in [0.25, 0.3) is 0 Å². The lowest BCUT2D eigenvalue weighted by Gasteiger charge is -2.01. The van der Waals surface area contributed by atoms with E-state index in [1.807, 2.05) is 6.07 Å². The third-order valence-corrected chi connectivity index (χ3v) is 3.70. The summed E-state index contributed by atoms with van der Waals surface area (Å²) in [5.74, 6) is 0.674. The summed E-state index contributed by atoms with van der Waals surface area (Å²) in [6, 6.07) is 5.30. The van der Waals surface area contributed by atoms with Crippen LogP contribution in [0.4, 0.5) is 0 Å². The summed E-state index contributed by atoms with van der Waals surface area (Å²) in [5, 5.41) is 0.603. The topological polar surface area (TPSA) is 45.8 Å². The first-order chi connectivity index (χ1) is 7.66. The third kappa shape index (κ3) is 2.62. The van der Waals surface area contributed by atoms with Crippen LogP contribution >= 0.6 is 34.2 Å². The molecule has 0 aliphatic carbocycles. The predicted molar refractivity (Wildman–Crippen MR) is 70.8 cm³/mol. The van der Waals surface area contributed by atoms with Crippen LogP contribution < -0.4 is 0 Å². The van der Waals surface area contributed by atoms with E-state index >= 15 is 0 Å². The number of Topliss-reactive ketones (excluding diaryl/α,β-unsaturated/α-hetero) is 1. The normalized spacial score (nSPS) is 10.4. The van der Waals surface area contributed by atoms with Crippen molar-refractivity contribution in [2.75, 3.05) is 0 Å². The highest BCUT2D eigenvalue weighted by Crippen LogP contribution is 2.20. The van der Waals surface area contributed by atoms with Gasteiger partial charge in [0, 0.05) is 21.5 Å². The minimum absolute atomic E-state index is 0.00764. The van der Waals surface area contributed by atoms with Crippen LogP contribution in [0.2, 0.25) is 5.02 Å². The van der Waals surface area contributed by atoms with Crippen LogP contribution in [0.5, 0.6) is 0 Å². The molecule has 0 spiro atoms. The summed E-state index contributed by atoms with van der Waals surface area (Å²) in [6.07, 6.45) is 3.59. The fourth-order valence-corrected chi connectivity index (χ4v) is 1.83. The number of nitrogens with one attached hydrogen (secondary N) is 1. The zero-order valence-corrected chi connectivity index (χ0v) is 11.1. The zero-order chi connectivity index (χ0) is 11.5. The Morgan fingerprint density at radius 2 is 2.31 bits per heavy atom. The van der Waals surface area contributed by atoms with Crippen molar-refractivity contribution in [1.29, 1.82) is 0 Å². The fourth-order valence-electron chi connectivity index (χ4n) is 1.32. The molecular weight excluding hydrogens is 338 g/mol. The SMILES string of the molecule is O=C(Cc1ncc[nH]1)c1ccc(I)c(Cl)c1. The second-order valence-corrected chi connectivity index (χ2v) is 4.83. The van der Waals surface area contributed by atoms with E-state index < -0.39 is 0 Å². The van der Waals surface area contributed by atoms with Gasteiger partial charge in [-0.25, -0.2) is 4.98 Å². The van der Waals surface area contributed by atoms with Crippen LogP contribution in [-0.2, 0) is 6.42 Å². The number of ketones is 1. The average molecular weight is 347 g/mol. The quantitative estimate of drug-likeness (QED) is 0.686. The largest absolute Gasteiger partial charge is 0.348 e. The van der Waals surface area contributed by atoms with E-state index in [0.717, 1.165) is 3.57 Å². The highest BCUT2D eigenvalue weighted by Gasteiger charge is 2.09. The van der Waals surface area contributed by atoms with Crippen molar-refractivity contribution in [2.24, 2.45) is 0 Å². The fraction of sp³-hybridized carbons (Fsp3) is 0.0909. The average Bonchev–Trinajstić information content (AvgIpc) is 2.74. The Labute approximate surface area is 111 Å². The number of hydrogen-bond donors (Lipinski definition) is 1. The van der Waals surface area contributed by atoms with Crippen LogP contribution in [-0.4, -0.2) is 15.8 Å². The number of aromatic amines is 1. The van der Waals surface area contributed by atoms with E-state index in [1.54, 1.807) is 24.5 Å². The van der Waals surface area contributed by atoms with Gasteiger partial charge in [0.05, 0.1) is 11.4 Å². The van der Waals surface area contributed by atoms with Crippen molar-refractivity contribution in [3.05, 3.63) is 50.6 Å². The molecule has 1 aromatic carbocycles. The Balaban J connectivity index is 2.18. The van der Waals surface area contributed by atoms with Crippen LogP contribution in [0.1, 0.15) is 16.2 Å². The van der Waals surface area contributed by atoms with Crippen molar-refractivity contribution < 1.29 is 4.79 Å². The number of aromatic nitrogens is 2. The first-order valence-corrected chi connectivity index (χ1v) is 6.09. The van der Waals surface area contributed by atoms with Crippen molar-refractivity contribution in [2.45, 2.75) is 6.42 Å². The van der Waals surface area contributed by atoms with Gasteiger partial charge in [0.15, 0.2) is 5.78 Å². The summed E-state index contributed by atoms with van der Waals surface area (Å²) in [7, 11) is 0. The Bertz CT molecular complexity index is 511. The lowest BCUT2D eigenvalue weighted by Crippen LogP contribution is -2.05. The monoisotopic (exact) mass is 346 g/mol. The molecule has 0 saturated carbocycles. The van der Waals surface area contributed by atoms with E-state index in [-0.39, 0.29) is 12.2 Å². The van der Waals surface area contributed by atoms with E-state index in [2.05, 4.69) is 32.6 Å². The Kier molecular flexibility index (Phi) is 3.60. The molecule has 0 fully saturated rings. The molecule has 0 radical (unpaired) electrons. The second kappa shape index (κ2) is 4.97. The number of imidazole rings is 1. The first kappa shape index (κ1) is 11.6. The van der Waals surface area contributed by atoms with Gasteiger partial charge in [0.25, 0.3) is 0 Å². The zero-order valence-electron chi connectivity index (χ0n) is 8.21. The molecule has 1 aromatic heterocycles. The summed E-state index contributed by atoms with van der Waals surface area (Å²) < 4.78 is 0.939. The highest BCUT2D eigenvalue weighted by atomic mass is 127. The van der Waals surface area contributed by atoms with Crippen molar-refractivity contribution in [3.63, 3.8) is 0 Å². The van der Waals surface area contributed by atoms with Crippen LogP contribution in [0.15, 0.2) is 30.6 Å². The van der Waals surface area contributed by atoms with Gasteiger partial charge < -0.3 is 4.98 Å². The second-order valence-electron chi connectivity index (χ2n) is 3.26. The molecule has 16 heavy (non-hydrogen) atoms. The number of benzene rings is 1. The third-order valence-electron chi connectivity index (χ3n) is 2.12. The van der Waals surface area contributed by atoms with Gasteiger partial charge in [-0.15, -0.1) is 0 Å². The van der Waals surface area contributed by atoms with Gasteiger partial charge in [0.1, 0.15) is 5.82 Å². The molecule has 0 bridgehead atoms. The van der Waals surface area contributed by atoms with Crippen molar-refractivity contribution in [3.8, 4) is 0 Å². The van der Waals surface area contributed by atoms with Crippen molar-refractivity contribution in [1.82, 2.24) is 9.97 Å². The lowest BCUT2D eigenvalue weighted by molar-refractivity contribution is 0.0991. The highest BCUT2D eigenvalue weighted by molar-refractivity contribution is 14.1. The number of carbonyl (C=O) groups is 1. The number of rotatable bonds is 3. The van der Waals surface area contributed by atoms with Crippen molar-refractivity contribution >= 4 is 40.0 Å². The summed E-state index contributed by atoms with van der Waals surface area (Å²) in [4.78, 5) is 18.8. The lowest BCUT2D eigenvalue weighted by atomic mass is 10.1. The van der Waals surface area contributed by atoms with E-state index in [4.69, 9.17) is 11.6 Å². The Morgan fingerprint density at radius 3 is 2.94 bits per heavy atom. The minimum Gasteiger partial charge on any atom is -0.348 e. The van der Waals surface area contributed by atoms with Gasteiger partial charge in [-0.3, -0.25) is 4.79 Å².